The molecule has 0 N–H and O–H groups in total. The first-order valence-electron chi connectivity index (χ1n) is 39.7. The van der Waals surface area contributed by atoms with Crippen LogP contribution in [0.25, 0.3) is 0 Å². The van der Waals surface area contributed by atoms with Gasteiger partial charge in [0, 0.05) is 50.7 Å². The first-order valence-corrected chi connectivity index (χ1v) is 40.9. The van der Waals surface area contributed by atoms with Crippen molar-refractivity contribution in [3.8, 4) is 0 Å². The van der Waals surface area contributed by atoms with E-state index in [2.05, 4.69) is 146 Å². The lowest BCUT2D eigenvalue weighted by atomic mass is 9.98. The highest BCUT2D eigenvalue weighted by molar-refractivity contribution is 14.0. The third-order valence-electron chi connectivity index (χ3n) is 18.5. The van der Waals surface area contributed by atoms with Crippen LogP contribution in [-0.4, -0.2) is 73.7 Å². The Hall–Kier alpha value is -1.11. The molecular formula is C84H151BrINO5. The topological polar surface area (TPSA) is 49.4 Å². The van der Waals surface area contributed by atoms with Crippen molar-refractivity contribution in [1.29, 1.82) is 0 Å². The molecule has 3 aliphatic rings. The minimum atomic E-state index is -0.355. The van der Waals surface area contributed by atoms with Crippen molar-refractivity contribution in [1.82, 2.24) is 4.90 Å². The van der Waals surface area contributed by atoms with E-state index in [9.17, 15) is 0 Å². The number of ether oxygens (including phenoxy) is 5. The summed E-state index contributed by atoms with van der Waals surface area (Å²) in [5.41, 5.74) is 0. The van der Waals surface area contributed by atoms with E-state index in [0.717, 1.165) is 103 Å². The molecule has 3 aliphatic heterocycles. The van der Waals surface area contributed by atoms with Crippen molar-refractivity contribution >= 4 is 39.9 Å². The first-order chi connectivity index (χ1) is 45.0. The molecule has 3 saturated heterocycles. The van der Waals surface area contributed by atoms with Crippen molar-refractivity contribution in [3.05, 3.63) is 97.2 Å². The number of rotatable bonds is 63. The summed E-state index contributed by atoms with van der Waals surface area (Å²) in [6.45, 7) is 14.2. The molecule has 2 atom stereocenters. The van der Waals surface area contributed by atoms with Gasteiger partial charge < -0.3 is 23.7 Å². The van der Waals surface area contributed by atoms with E-state index in [-0.39, 0.29) is 47.8 Å². The molecule has 0 spiro atoms. The fourth-order valence-electron chi connectivity index (χ4n) is 12.8. The molecule has 3 rings (SSSR count). The summed E-state index contributed by atoms with van der Waals surface area (Å²) in [6, 6.07) is 0. The molecule has 0 radical (unpaired) electrons. The Kier molecular flexibility index (Phi) is 67.4. The Morgan fingerprint density at radius 1 is 0.337 bits per heavy atom. The van der Waals surface area contributed by atoms with Crippen LogP contribution in [-0.2, 0) is 23.7 Å². The summed E-state index contributed by atoms with van der Waals surface area (Å²) in [5, 5.41) is 0.877. The number of unbranched alkanes of at least 4 members (excludes halogenated alkanes) is 36. The molecular weight excluding hydrogens is 1310 g/mol. The monoisotopic (exact) mass is 1460 g/mol. The Labute approximate surface area is 598 Å². The zero-order valence-electron chi connectivity index (χ0n) is 61.1. The van der Waals surface area contributed by atoms with Gasteiger partial charge in [-0.2, -0.15) is 0 Å². The molecule has 3 fully saturated rings. The molecule has 8 heteroatoms. The molecule has 0 bridgehead atoms. The second kappa shape index (κ2) is 69.8. The van der Waals surface area contributed by atoms with E-state index < -0.39 is 0 Å². The van der Waals surface area contributed by atoms with Gasteiger partial charge in [0.15, 0.2) is 11.6 Å². The second-order valence-corrected chi connectivity index (χ2v) is 28.0. The molecule has 0 saturated carbocycles. The van der Waals surface area contributed by atoms with Gasteiger partial charge in [-0.15, -0.1) is 24.0 Å². The largest absolute Gasteiger partial charge is 0.366 e. The van der Waals surface area contributed by atoms with Crippen LogP contribution in [0.2, 0.25) is 0 Å². The van der Waals surface area contributed by atoms with E-state index in [1.807, 2.05) is 0 Å². The van der Waals surface area contributed by atoms with E-state index in [1.165, 1.54) is 283 Å². The van der Waals surface area contributed by atoms with Crippen molar-refractivity contribution in [2.45, 2.75) is 392 Å². The Balaban J connectivity index is 0.000000916. The molecule has 0 aromatic carbocycles. The zero-order chi connectivity index (χ0) is 65.0. The number of halogens is 2. The third-order valence-corrected chi connectivity index (χ3v) is 19.3. The lowest BCUT2D eigenvalue weighted by molar-refractivity contribution is -0.182. The Bertz CT molecular complexity index is 1670. The van der Waals surface area contributed by atoms with Crippen molar-refractivity contribution in [2.24, 2.45) is 0 Å². The van der Waals surface area contributed by atoms with Crippen LogP contribution in [0.1, 0.15) is 368 Å². The summed E-state index contributed by atoms with van der Waals surface area (Å²) in [7, 11) is 0. The molecule has 3 heterocycles. The maximum Gasteiger partial charge on any atom is 0.168 e. The van der Waals surface area contributed by atoms with Crippen LogP contribution >= 0.6 is 39.9 Å². The third kappa shape index (κ3) is 55.8. The van der Waals surface area contributed by atoms with Crippen LogP contribution in [0, 0.1) is 0 Å². The fraction of sp³-hybridized carbons (Fsp3) is 0.810. The van der Waals surface area contributed by atoms with Gasteiger partial charge in [0.05, 0.1) is 32.2 Å². The average Bonchev–Trinajstić information content (AvgIpc) is 1.81. The van der Waals surface area contributed by atoms with Crippen LogP contribution in [0.15, 0.2) is 97.2 Å². The van der Waals surface area contributed by atoms with Crippen LogP contribution in [0.3, 0.4) is 0 Å². The smallest absolute Gasteiger partial charge is 0.168 e. The van der Waals surface area contributed by atoms with Gasteiger partial charge in [0.2, 0.25) is 0 Å². The molecule has 0 aliphatic carbocycles. The Morgan fingerprint density at radius 2 is 0.598 bits per heavy atom. The lowest BCUT2D eigenvalue weighted by Crippen LogP contribution is -2.40. The normalized spacial score (nSPS) is 17.9. The minimum Gasteiger partial charge on any atom is -0.366 e. The zero-order valence-corrected chi connectivity index (χ0v) is 65.0. The second-order valence-electron chi connectivity index (χ2n) is 27.4. The van der Waals surface area contributed by atoms with Crippen molar-refractivity contribution < 1.29 is 23.7 Å². The quantitative estimate of drug-likeness (QED) is 0.0262. The van der Waals surface area contributed by atoms with E-state index in [0.29, 0.717) is 0 Å². The minimum absolute atomic E-state index is 0. The molecule has 536 valence electrons. The van der Waals surface area contributed by atoms with Gasteiger partial charge in [0.25, 0.3) is 0 Å². The number of allylic oxidation sites excluding steroid dienone is 16. The highest BCUT2D eigenvalue weighted by atomic mass is 127. The standard InChI is InChI=1S/C44H79NO3.C40H71BrO2.HI/c1-3-5-7-9-11-13-15-17-19-21-23-25-27-29-31-33-36-44(47-41-43(48-44)40-45-38-35-39-46-42-45)37-34-32-30-28-26-24-22-20-18-16-14-12-10-8-6-4-2;1-3-5-7-9-11-13-15-17-19-21-23-25-27-29-31-33-35-40(42-38-39(37-41)43-40)36-34-32-30-28-26-24-22-20-18-16-14-12-10-8-6-4-2;/h11-14,17-20,43H,3-10,15-16,21-42H2,1-2H3;11-14,17-20,39H,3-10,15-16,21-38H2,1-2H3;1H/b2*13-11-,14-12-,19-17-,20-18-;. The van der Waals surface area contributed by atoms with Crippen LogP contribution in [0.5, 0.6) is 0 Å². The fourth-order valence-corrected chi connectivity index (χ4v) is 13.1. The highest BCUT2D eigenvalue weighted by Crippen LogP contribution is 2.37. The molecule has 6 nitrogen and oxygen atoms in total. The van der Waals surface area contributed by atoms with E-state index >= 15 is 0 Å². The number of hydrogen-bond donors (Lipinski definition) is 0. The molecule has 0 aromatic rings. The molecule has 0 aromatic heterocycles. The van der Waals surface area contributed by atoms with Gasteiger partial charge in [-0.3, -0.25) is 4.90 Å². The summed E-state index contributed by atoms with van der Waals surface area (Å²) < 4.78 is 31.7. The number of alkyl halides is 1. The van der Waals surface area contributed by atoms with Crippen LogP contribution in [0.4, 0.5) is 0 Å². The Morgan fingerprint density at radius 3 is 0.859 bits per heavy atom. The molecule has 2 unspecified atom stereocenters. The summed E-state index contributed by atoms with van der Waals surface area (Å²) in [6.07, 6.45) is 105. The molecule has 92 heavy (non-hydrogen) atoms. The van der Waals surface area contributed by atoms with Gasteiger partial charge in [-0.25, -0.2) is 0 Å². The van der Waals surface area contributed by atoms with Gasteiger partial charge in [-0.05, 0) is 161 Å². The predicted octanol–water partition coefficient (Wildman–Crippen LogP) is 27.7. The van der Waals surface area contributed by atoms with Gasteiger partial charge >= 0.3 is 0 Å². The maximum atomic E-state index is 6.76. The van der Waals surface area contributed by atoms with Gasteiger partial charge in [-0.1, -0.05) is 295 Å². The highest BCUT2D eigenvalue weighted by Gasteiger charge is 2.42. The van der Waals surface area contributed by atoms with Gasteiger partial charge in [0.1, 0.15) is 0 Å². The maximum absolute atomic E-state index is 6.76. The summed E-state index contributed by atoms with van der Waals surface area (Å²) >= 11 is 3.61. The van der Waals surface area contributed by atoms with Crippen molar-refractivity contribution in [3.63, 3.8) is 0 Å². The summed E-state index contributed by atoms with van der Waals surface area (Å²) in [4.78, 5) is 2.40. The number of hydrogen-bond acceptors (Lipinski definition) is 6. The first kappa shape index (κ1) is 88.9. The predicted molar refractivity (Wildman–Crippen MR) is 419 cm³/mol. The SMILES string of the molecule is CCCCC/C=C\C/C=C\CCCCCCCCC1(CCCCCCCC/C=C\C/C=C\CCCCC)OCC(CBr)O1.CCCCC/C=C\C/C=C\CCCCCCCCC1(CCCCCCCC/C=C\C/C=C\CCCCC)OCC(CN2CCCOC2)O1.I. The van der Waals surface area contributed by atoms with Crippen molar-refractivity contribution in [2.75, 3.05) is 45.0 Å². The molecule has 0 amide bonds. The average molecular weight is 1460 g/mol. The lowest BCUT2D eigenvalue weighted by Gasteiger charge is -2.31. The number of nitrogens with zero attached hydrogens (tertiary/aromatic N) is 1. The van der Waals surface area contributed by atoms with E-state index in [4.69, 9.17) is 23.7 Å². The summed E-state index contributed by atoms with van der Waals surface area (Å²) in [5.74, 6) is -0.672. The van der Waals surface area contributed by atoms with Crippen LogP contribution < -0.4 is 0 Å². The van der Waals surface area contributed by atoms with E-state index in [1.54, 1.807) is 0 Å².